The van der Waals surface area contributed by atoms with Crippen LogP contribution in [0.5, 0.6) is 0 Å². The van der Waals surface area contributed by atoms with E-state index in [4.69, 9.17) is 4.52 Å². The van der Waals surface area contributed by atoms with Gasteiger partial charge in [-0.2, -0.15) is 0 Å². The summed E-state index contributed by atoms with van der Waals surface area (Å²) in [7, 11) is -3.72. The molecule has 1 atom stereocenters. The Morgan fingerprint density at radius 3 is 2.39 bits per heavy atom. The van der Waals surface area contributed by atoms with Gasteiger partial charge in [0.15, 0.2) is 5.76 Å². The minimum absolute atomic E-state index is 0.0106. The molecular weight excluding hydrogens is 384 g/mol. The fraction of sp³-hybridized carbons (Fsp3) is 0.722. The first-order valence-corrected chi connectivity index (χ1v) is 11.1. The van der Waals surface area contributed by atoms with Crippen LogP contribution in [-0.4, -0.2) is 66.9 Å². The predicted molar refractivity (Wildman–Crippen MR) is 101 cm³/mol. The number of hydrogen-bond donors (Lipinski definition) is 1. The number of piperidine rings is 1. The summed E-state index contributed by atoms with van der Waals surface area (Å²) in [6, 6.07) is -0.158. The molecule has 2 aliphatic rings. The highest BCUT2D eigenvalue weighted by Crippen LogP contribution is 2.25. The summed E-state index contributed by atoms with van der Waals surface area (Å²) in [4.78, 5) is 28.4. The summed E-state index contributed by atoms with van der Waals surface area (Å²) >= 11 is 0. The Morgan fingerprint density at radius 2 is 1.89 bits per heavy atom. The van der Waals surface area contributed by atoms with Crippen LogP contribution in [-0.2, 0) is 19.6 Å². The molecule has 1 N–H and O–H groups in total. The van der Waals surface area contributed by atoms with Crippen LogP contribution in [0.15, 0.2) is 9.42 Å². The molecule has 9 nitrogen and oxygen atoms in total. The van der Waals surface area contributed by atoms with Crippen LogP contribution in [0.4, 0.5) is 0 Å². The van der Waals surface area contributed by atoms with Crippen LogP contribution in [0.1, 0.15) is 44.6 Å². The van der Waals surface area contributed by atoms with Gasteiger partial charge in [-0.25, -0.2) is 13.1 Å². The van der Waals surface area contributed by atoms with E-state index in [2.05, 4.69) is 9.88 Å². The highest BCUT2D eigenvalue weighted by atomic mass is 32.2. The van der Waals surface area contributed by atoms with Gasteiger partial charge in [-0.1, -0.05) is 5.16 Å². The Balaban J connectivity index is 1.56. The lowest BCUT2D eigenvalue weighted by molar-refractivity contribution is -0.136. The molecule has 1 aromatic rings. The predicted octanol–water partition coefficient (Wildman–Crippen LogP) is 0.818. The molecule has 1 aromatic heterocycles. The number of nitrogens with one attached hydrogen (secondary N) is 1. The van der Waals surface area contributed by atoms with Gasteiger partial charge in [0.05, 0.1) is 5.92 Å². The minimum Gasteiger partial charge on any atom is -0.360 e. The van der Waals surface area contributed by atoms with Crippen LogP contribution in [0.25, 0.3) is 0 Å². The normalized spacial score (nSPS) is 21.8. The number of amides is 2. The summed E-state index contributed by atoms with van der Waals surface area (Å²) in [5.41, 5.74) is 0.332. The molecule has 0 aliphatic carbocycles. The van der Waals surface area contributed by atoms with Gasteiger partial charge in [0.1, 0.15) is 10.6 Å². The number of sulfonamides is 1. The average Bonchev–Trinajstić information content (AvgIpc) is 3.17. The zero-order valence-corrected chi connectivity index (χ0v) is 17.6. The van der Waals surface area contributed by atoms with Gasteiger partial charge in [-0.3, -0.25) is 9.59 Å². The molecule has 0 saturated carbocycles. The van der Waals surface area contributed by atoms with E-state index in [0.29, 0.717) is 38.2 Å². The number of likely N-dealkylation sites (tertiary alicyclic amines) is 2. The standard InChI is InChI=1S/C18H28N4O5S/c1-11(2)22-10-14(9-16(22)23)18(24)21-7-5-15(6-8-21)20-28(25,26)17-12(3)19-27-13(17)4/h11,14-15,20H,5-10H2,1-4H3. The van der Waals surface area contributed by atoms with Crippen molar-refractivity contribution < 1.29 is 22.5 Å². The second-order valence-corrected chi connectivity index (χ2v) is 9.57. The highest BCUT2D eigenvalue weighted by Gasteiger charge is 2.38. The number of aromatic nitrogens is 1. The third-order valence-corrected chi connectivity index (χ3v) is 7.26. The molecule has 2 aliphatic heterocycles. The zero-order chi connectivity index (χ0) is 20.6. The van der Waals surface area contributed by atoms with Crippen LogP contribution < -0.4 is 4.72 Å². The van der Waals surface area contributed by atoms with Crippen molar-refractivity contribution in [3.8, 4) is 0 Å². The quantitative estimate of drug-likeness (QED) is 0.766. The molecule has 0 aromatic carbocycles. The average molecular weight is 413 g/mol. The molecule has 1 unspecified atom stereocenters. The molecule has 10 heteroatoms. The fourth-order valence-electron chi connectivity index (χ4n) is 4.01. The second kappa shape index (κ2) is 7.82. The Labute approximate surface area is 165 Å². The van der Waals surface area contributed by atoms with Crippen molar-refractivity contribution in [3.05, 3.63) is 11.5 Å². The van der Waals surface area contributed by atoms with Crippen molar-refractivity contribution in [2.75, 3.05) is 19.6 Å². The van der Waals surface area contributed by atoms with Crippen molar-refractivity contribution in [3.63, 3.8) is 0 Å². The second-order valence-electron chi connectivity index (χ2n) is 7.92. The molecule has 2 saturated heterocycles. The molecule has 3 rings (SSSR count). The van der Waals surface area contributed by atoms with Gasteiger partial charge in [-0.15, -0.1) is 0 Å². The van der Waals surface area contributed by atoms with Gasteiger partial charge in [-0.05, 0) is 40.5 Å². The monoisotopic (exact) mass is 412 g/mol. The third-order valence-electron chi connectivity index (χ3n) is 5.50. The number of hydrogen-bond acceptors (Lipinski definition) is 6. The zero-order valence-electron chi connectivity index (χ0n) is 16.8. The van der Waals surface area contributed by atoms with Gasteiger partial charge >= 0.3 is 0 Å². The maximum atomic E-state index is 12.8. The summed E-state index contributed by atoms with van der Waals surface area (Å²) in [5.74, 6) is -0.0253. The van der Waals surface area contributed by atoms with Crippen LogP contribution >= 0.6 is 0 Å². The molecule has 0 spiro atoms. The largest absolute Gasteiger partial charge is 0.360 e. The van der Waals surface area contributed by atoms with Gasteiger partial charge in [0.2, 0.25) is 21.8 Å². The van der Waals surface area contributed by atoms with Crippen molar-refractivity contribution in [2.45, 2.75) is 63.9 Å². The maximum Gasteiger partial charge on any atom is 0.246 e. The topological polar surface area (TPSA) is 113 Å². The van der Waals surface area contributed by atoms with E-state index in [1.807, 2.05) is 13.8 Å². The van der Waals surface area contributed by atoms with Crippen molar-refractivity contribution in [1.82, 2.24) is 19.7 Å². The summed E-state index contributed by atoms with van der Waals surface area (Å²) in [6.07, 6.45) is 1.32. The lowest BCUT2D eigenvalue weighted by atomic mass is 10.0. The van der Waals surface area contributed by atoms with Crippen molar-refractivity contribution in [2.24, 2.45) is 5.92 Å². The van der Waals surface area contributed by atoms with Crippen molar-refractivity contribution >= 4 is 21.8 Å². The van der Waals surface area contributed by atoms with E-state index in [1.165, 1.54) is 0 Å². The molecule has 3 heterocycles. The van der Waals surface area contributed by atoms with Gasteiger partial charge in [0.25, 0.3) is 0 Å². The Bertz CT molecular complexity index is 836. The SMILES string of the molecule is Cc1noc(C)c1S(=O)(=O)NC1CCN(C(=O)C2CC(=O)N(C(C)C)C2)CC1. The van der Waals surface area contributed by atoms with Crippen LogP contribution in [0.2, 0.25) is 0 Å². The van der Waals surface area contributed by atoms with E-state index in [0.717, 1.165) is 0 Å². The van der Waals surface area contributed by atoms with E-state index < -0.39 is 10.0 Å². The first-order valence-electron chi connectivity index (χ1n) is 9.63. The smallest absolute Gasteiger partial charge is 0.246 e. The highest BCUT2D eigenvalue weighted by molar-refractivity contribution is 7.89. The number of nitrogens with zero attached hydrogens (tertiary/aromatic N) is 3. The fourth-order valence-corrected chi connectivity index (χ4v) is 5.64. The molecule has 0 radical (unpaired) electrons. The minimum atomic E-state index is -3.72. The number of aryl methyl sites for hydroxylation is 2. The summed E-state index contributed by atoms with van der Waals surface area (Å²) < 4.78 is 32.9. The Hall–Kier alpha value is -1.94. The van der Waals surface area contributed by atoms with E-state index in [9.17, 15) is 18.0 Å². The van der Waals surface area contributed by atoms with Crippen molar-refractivity contribution in [1.29, 1.82) is 0 Å². The molecule has 2 fully saturated rings. The summed E-state index contributed by atoms with van der Waals surface area (Å²) in [6.45, 7) is 8.46. The Kier molecular flexibility index (Phi) is 5.81. The van der Waals surface area contributed by atoms with E-state index in [1.54, 1.807) is 23.6 Å². The lowest BCUT2D eigenvalue weighted by Crippen LogP contribution is -2.48. The molecule has 156 valence electrons. The first-order chi connectivity index (χ1) is 13.1. The van der Waals surface area contributed by atoms with Crippen LogP contribution in [0.3, 0.4) is 0 Å². The lowest BCUT2D eigenvalue weighted by Gasteiger charge is -2.33. The number of carbonyl (C=O) groups excluding carboxylic acids is 2. The molecular formula is C18H28N4O5S. The molecule has 0 bridgehead atoms. The summed E-state index contributed by atoms with van der Waals surface area (Å²) in [5, 5.41) is 3.70. The van der Waals surface area contributed by atoms with E-state index >= 15 is 0 Å². The van der Waals surface area contributed by atoms with Crippen LogP contribution in [0, 0.1) is 19.8 Å². The molecule has 28 heavy (non-hydrogen) atoms. The number of carbonyl (C=O) groups is 2. The Morgan fingerprint density at radius 1 is 1.25 bits per heavy atom. The third kappa shape index (κ3) is 4.07. The number of rotatable bonds is 5. The van der Waals surface area contributed by atoms with Gasteiger partial charge < -0.3 is 14.3 Å². The maximum absolute atomic E-state index is 12.8. The molecule has 2 amide bonds. The van der Waals surface area contributed by atoms with Gasteiger partial charge in [0, 0.05) is 38.1 Å². The first kappa shape index (κ1) is 20.8. The van der Waals surface area contributed by atoms with E-state index in [-0.39, 0.29) is 46.9 Å².